The second kappa shape index (κ2) is 7.79. The SMILES string of the molecule is Cc1ccc(NC(=O)Cc2csc(NC(=O)c3ccco3)n2)cc1[N+](=O)[O-]. The van der Waals surface area contributed by atoms with E-state index in [4.69, 9.17) is 4.42 Å². The number of amides is 2. The van der Waals surface area contributed by atoms with Crippen LogP contribution in [0.25, 0.3) is 0 Å². The molecule has 2 heterocycles. The number of carbonyl (C=O) groups excluding carboxylic acids is 2. The molecule has 0 aliphatic rings. The van der Waals surface area contributed by atoms with E-state index in [1.807, 2.05) is 0 Å². The van der Waals surface area contributed by atoms with Crippen molar-refractivity contribution in [3.8, 4) is 0 Å². The van der Waals surface area contributed by atoms with Crippen LogP contribution >= 0.6 is 11.3 Å². The first-order valence-electron chi connectivity index (χ1n) is 7.76. The third-order valence-corrected chi connectivity index (χ3v) is 4.35. The average molecular weight is 386 g/mol. The molecule has 0 aliphatic carbocycles. The van der Waals surface area contributed by atoms with Gasteiger partial charge in [0, 0.05) is 22.7 Å². The van der Waals surface area contributed by atoms with Crippen LogP contribution in [-0.4, -0.2) is 21.7 Å². The normalized spacial score (nSPS) is 10.4. The molecule has 0 radical (unpaired) electrons. The monoisotopic (exact) mass is 386 g/mol. The fourth-order valence-corrected chi connectivity index (χ4v) is 2.97. The zero-order chi connectivity index (χ0) is 19.4. The van der Waals surface area contributed by atoms with Gasteiger partial charge in [-0.1, -0.05) is 6.07 Å². The molecular formula is C17H14N4O5S. The summed E-state index contributed by atoms with van der Waals surface area (Å²) in [5.74, 6) is -0.648. The number of nitro groups is 1. The molecule has 0 unspecified atom stereocenters. The molecular weight excluding hydrogens is 372 g/mol. The average Bonchev–Trinajstić information content (AvgIpc) is 3.28. The van der Waals surface area contributed by atoms with Gasteiger partial charge in [-0.05, 0) is 25.1 Å². The standard InChI is InChI=1S/C17H14N4O5S/c1-10-4-5-11(7-13(10)21(24)25)18-15(22)8-12-9-27-17(19-12)20-16(23)14-3-2-6-26-14/h2-7,9H,8H2,1H3,(H,18,22)(H,19,20,23). The van der Waals surface area contributed by atoms with Crippen molar-refractivity contribution in [1.82, 2.24) is 4.98 Å². The van der Waals surface area contributed by atoms with E-state index in [2.05, 4.69) is 15.6 Å². The first kappa shape index (κ1) is 18.3. The number of aryl methyl sites for hydroxylation is 1. The topological polar surface area (TPSA) is 127 Å². The molecule has 0 atom stereocenters. The van der Waals surface area contributed by atoms with E-state index < -0.39 is 10.8 Å². The van der Waals surface area contributed by atoms with Gasteiger partial charge >= 0.3 is 0 Å². The third-order valence-electron chi connectivity index (χ3n) is 3.55. The number of benzene rings is 1. The molecule has 0 spiro atoms. The lowest BCUT2D eigenvalue weighted by Crippen LogP contribution is -2.15. The molecule has 3 rings (SSSR count). The summed E-state index contributed by atoms with van der Waals surface area (Å²) in [6.07, 6.45) is 1.36. The molecule has 138 valence electrons. The summed E-state index contributed by atoms with van der Waals surface area (Å²) in [5.41, 5.74) is 1.24. The van der Waals surface area contributed by atoms with Crippen molar-refractivity contribution >= 4 is 39.7 Å². The van der Waals surface area contributed by atoms with Crippen molar-refractivity contribution in [2.75, 3.05) is 10.6 Å². The third kappa shape index (κ3) is 4.55. The molecule has 9 nitrogen and oxygen atoms in total. The molecule has 2 aromatic heterocycles. The molecule has 0 aliphatic heterocycles. The summed E-state index contributed by atoms with van der Waals surface area (Å²) in [5, 5.41) is 18.1. The number of anilines is 2. The molecule has 2 amide bonds. The fraction of sp³-hybridized carbons (Fsp3) is 0.118. The summed E-state index contributed by atoms with van der Waals surface area (Å²) in [6, 6.07) is 7.60. The lowest BCUT2D eigenvalue weighted by Gasteiger charge is -2.05. The Morgan fingerprint density at radius 1 is 1.30 bits per heavy atom. The van der Waals surface area contributed by atoms with E-state index in [1.54, 1.807) is 30.5 Å². The van der Waals surface area contributed by atoms with Crippen LogP contribution in [0.4, 0.5) is 16.5 Å². The Morgan fingerprint density at radius 2 is 2.11 bits per heavy atom. The number of nitrogens with one attached hydrogen (secondary N) is 2. The number of hydrogen-bond donors (Lipinski definition) is 2. The van der Waals surface area contributed by atoms with Crippen LogP contribution < -0.4 is 10.6 Å². The zero-order valence-corrected chi connectivity index (χ0v) is 14.9. The predicted molar refractivity (Wildman–Crippen MR) is 98.9 cm³/mol. The summed E-state index contributed by atoms with van der Waals surface area (Å²) in [7, 11) is 0. The summed E-state index contributed by atoms with van der Waals surface area (Å²) in [6.45, 7) is 1.62. The number of nitrogens with zero attached hydrogens (tertiary/aromatic N) is 2. The van der Waals surface area contributed by atoms with Crippen LogP contribution in [0.3, 0.4) is 0 Å². The van der Waals surface area contributed by atoms with Crippen molar-refractivity contribution in [1.29, 1.82) is 0 Å². The minimum Gasteiger partial charge on any atom is -0.459 e. The molecule has 1 aromatic carbocycles. The fourth-order valence-electron chi connectivity index (χ4n) is 2.27. The summed E-state index contributed by atoms with van der Waals surface area (Å²) >= 11 is 1.18. The van der Waals surface area contributed by atoms with Gasteiger partial charge in [0.2, 0.25) is 5.91 Å². The lowest BCUT2D eigenvalue weighted by molar-refractivity contribution is -0.385. The molecule has 0 saturated heterocycles. The van der Waals surface area contributed by atoms with E-state index in [9.17, 15) is 19.7 Å². The van der Waals surface area contributed by atoms with Gasteiger partial charge in [-0.2, -0.15) is 0 Å². The smallest absolute Gasteiger partial charge is 0.293 e. The molecule has 0 fully saturated rings. The van der Waals surface area contributed by atoms with Gasteiger partial charge in [0.05, 0.1) is 23.3 Å². The number of hydrogen-bond acceptors (Lipinski definition) is 7. The number of aromatic nitrogens is 1. The highest BCUT2D eigenvalue weighted by molar-refractivity contribution is 7.14. The maximum atomic E-state index is 12.1. The van der Waals surface area contributed by atoms with Gasteiger partial charge in [0.15, 0.2) is 10.9 Å². The maximum Gasteiger partial charge on any atom is 0.293 e. The minimum atomic E-state index is -0.501. The van der Waals surface area contributed by atoms with Crippen molar-refractivity contribution in [3.63, 3.8) is 0 Å². The summed E-state index contributed by atoms with van der Waals surface area (Å²) in [4.78, 5) is 38.7. The van der Waals surface area contributed by atoms with Crippen LogP contribution in [-0.2, 0) is 11.2 Å². The highest BCUT2D eigenvalue weighted by Gasteiger charge is 2.15. The van der Waals surface area contributed by atoms with Gasteiger partial charge in [0.25, 0.3) is 11.6 Å². The Morgan fingerprint density at radius 3 is 2.81 bits per heavy atom. The van der Waals surface area contributed by atoms with Crippen LogP contribution in [0.5, 0.6) is 0 Å². The molecule has 2 N–H and O–H groups in total. The lowest BCUT2D eigenvalue weighted by atomic mass is 10.2. The first-order valence-corrected chi connectivity index (χ1v) is 8.64. The Kier molecular flexibility index (Phi) is 5.27. The minimum absolute atomic E-state index is 0.0329. The summed E-state index contributed by atoms with van der Waals surface area (Å²) < 4.78 is 4.99. The number of carbonyl (C=O) groups is 2. The quantitative estimate of drug-likeness (QED) is 0.494. The van der Waals surface area contributed by atoms with Crippen molar-refractivity contribution < 1.29 is 18.9 Å². The van der Waals surface area contributed by atoms with E-state index >= 15 is 0 Å². The van der Waals surface area contributed by atoms with Crippen molar-refractivity contribution in [3.05, 3.63) is 69.1 Å². The largest absolute Gasteiger partial charge is 0.459 e. The first-order chi connectivity index (χ1) is 12.9. The van der Waals surface area contributed by atoms with Gasteiger partial charge < -0.3 is 9.73 Å². The van der Waals surface area contributed by atoms with Crippen LogP contribution in [0, 0.1) is 17.0 Å². The molecule has 0 bridgehead atoms. The van der Waals surface area contributed by atoms with E-state index in [0.29, 0.717) is 22.1 Å². The van der Waals surface area contributed by atoms with E-state index in [0.717, 1.165) is 0 Å². The molecule has 27 heavy (non-hydrogen) atoms. The maximum absolute atomic E-state index is 12.1. The van der Waals surface area contributed by atoms with E-state index in [1.165, 1.54) is 29.7 Å². The van der Waals surface area contributed by atoms with Crippen LogP contribution in [0.2, 0.25) is 0 Å². The van der Waals surface area contributed by atoms with E-state index in [-0.39, 0.29) is 23.8 Å². The molecule has 3 aromatic rings. The van der Waals surface area contributed by atoms with Gasteiger partial charge in [-0.15, -0.1) is 11.3 Å². The van der Waals surface area contributed by atoms with Crippen LogP contribution in [0.15, 0.2) is 46.4 Å². The highest BCUT2D eigenvalue weighted by Crippen LogP contribution is 2.23. The Hall–Kier alpha value is -3.53. The predicted octanol–water partition coefficient (Wildman–Crippen LogP) is 3.39. The van der Waals surface area contributed by atoms with Gasteiger partial charge in [-0.25, -0.2) is 4.98 Å². The Balaban J connectivity index is 1.60. The van der Waals surface area contributed by atoms with Crippen molar-refractivity contribution in [2.24, 2.45) is 0 Å². The molecule has 0 saturated carbocycles. The van der Waals surface area contributed by atoms with Gasteiger partial charge in [-0.3, -0.25) is 25.0 Å². The highest BCUT2D eigenvalue weighted by atomic mass is 32.1. The molecule has 10 heteroatoms. The second-order valence-electron chi connectivity index (χ2n) is 5.56. The number of furan rings is 1. The number of rotatable bonds is 6. The van der Waals surface area contributed by atoms with Gasteiger partial charge in [0.1, 0.15) is 0 Å². The number of nitro benzene ring substituents is 1. The van der Waals surface area contributed by atoms with Crippen molar-refractivity contribution in [2.45, 2.75) is 13.3 Å². The Bertz CT molecular complexity index is 997. The zero-order valence-electron chi connectivity index (χ0n) is 14.1. The Labute approximate surface area is 157 Å². The number of thiazole rings is 1. The second-order valence-corrected chi connectivity index (χ2v) is 6.42. The van der Waals surface area contributed by atoms with Crippen LogP contribution in [0.1, 0.15) is 21.8 Å².